The Balaban J connectivity index is 1.74. The van der Waals surface area contributed by atoms with E-state index in [0.29, 0.717) is 0 Å². The predicted molar refractivity (Wildman–Crippen MR) is 86.7 cm³/mol. The highest BCUT2D eigenvalue weighted by molar-refractivity contribution is 6.01. The number of amides is 2. The van der Waals surface area contributed by atoms with E-state index >= 15 is 0 Å². The number of carbonyl (C=O) groups is 1. The van der Waals surface area contributed by atoms with Crippen LogP contribution in [-0.2, 0) is 0 Å². The maximum atomic E-state index is 12.3. The third-order valence-electron chi connectivity index (χ3n) is 4.68. The van der Waals surface area contributed by atoms with Gasteiger partial charge in [-0.3, -0.25) is 4.98 Å². The van der Waals surface area contributed by atoms with E-state index in [1.54, 1.807) is 12.4 Å². The third-order valence-corrected chi connectivity index (χ3v) is 4.68. The van der Waals surface area contributed by atoms with Crippen LogP contribution in [0.15, 0.2) is 36.7 Å². The SMILES string of the molecule is C[C@@]1(CO)CCC[C@H]1NC(=O)Nc1cccc2cnccc12. The highest BCUT2D eigenvalue weighted by atomic mass is 16.3. The number of carbonyl (C=O) groups excluding carboxylic acids is 1. The first kappa shape index (κ1) is 14.8. The van der Waals surface area contributed by atoms with Crippen LogP contribution in [0.25, 0.3) is 10.8 Å². The summed E-state index contributed by atoms with van der Waals surface area (Å²) in [6.07, 6.45) is 6.36. The molecule has 1 aromatic carbocycles. The maximum absolute atomic E-state index is 12.3. The van der Waals surface area contributed by atoms with Gasteiger partial charge in [-0.05, 0) is 25.0 Å². The smallest absolute Gasteiger partial charge is 0.319 e. The number of nitrogens with one attached hydrogen (secondary N) is 2. The van der Waals surface area contributed by atoms with Crippen molar-refractivity contribution in [3.8, 4) is 0 Å². The van der Waals surface area contributed by atoms with Gasteiger partial charge in [0.1, 0.15) is 0 Å². The van der Waals surface area contributed by atoms with Crippen molar-refractivity contribution in [2.75, 3.05) is 11.9 Å². The quantitative estimate of drug-likeness (QED) is 0.816. The van der Waals surface area contributed by atoms with Crippen molar-refractivity contribution in [1.82, 2.24) is 10.3 Å². The van der Waals surface area contributed by atoms with Gasteiger partial charge in [0.15, 0.2) is 0 Å². The number of aliphatic hydroxyl groups excluding tert-OH is 1. The first-order valence-electron chi connectivity index (χ1n) is 7.63. The second-order valence-electron chi connectivity index (χ2n) is 6.26. The monoisotopic (exact) mass is 299 g/mol. The fourth-order valence-corrected chi connectivity index (χ4v) is 3.22. The van der Waals surface area contributed by atoms with Gasteiger partial charge in [-0.15, -0.1) is 0 Å². The highest BCUT2D eigenvalue weighted by Gasteiger charge is 2.39. The Morgan fingerprint density at radius 2 is 2.32 bits per heavy atom. The number of nitrogens with zero attached hydrogens (tertiary/aromatic N) is 1. The molecule has 116 valence electrons. The Labute approximate surface area is 129 Å². The molecule has 0 aliphatic heterocycles. The molecular formula is C17H21N3O2. The molecule has 1 aliphatic carbocycles. The van der Waals surface area contributed by atoms with Crippen molar-refractivity contribution in [2.45, 2.75) is 32.2 Å². The standard InChI is InChI=1S/C17H21N3O2/c1-17(11-21)8-3-6-15(17)20-16(22)19-14-5-2-4-12-10-18-9-7-13(12)14/h2,4-5,7,9-10,15,21H,3,6,8,11H2,1H3,(H2,19,20,22)/t15-,17+/m1/s1. The van der Waals surface area contributed by atoms with Crippen LogP contribution in [0.5, 0.6) is 0 Å². The van der Waals surface area contributed by atoms with E-state index in [9.17, 15) is 9.90 Å². The van der Waals surface area contributed by atoms with Gasteiger partial charge >= 0.3 is 6.03 Å². The minimum Gasteiger partial charge on any atom is -0.396 e. The second kappa shape index (κ2) is 5.93. The van der Waals surface area contributed by atoms with Crippen LogP contribution >= 0.6 is 0 Å². The Morgan fingerprint density at radius 1 is 1.45 bits per heavy atom. The number of hydrogen-bond donors (Lipinski definition) is 3. The third kappa shape index (κ3) is 2.76. The number of benzene rings is 1. The topological polar surface area (TPSA) is 74.2 Å². The lowest BCUT2D eigenvalue weighted by atomic mass is 9.86. The number of aliphatic hydroxyl groups is 1. The number of pyridine rings is 1. The van der Waals surface area contributed by atoms with E-state index < -0.39 is 0 Å². The normalized spacial score (nSPS) is 24.4. The van der Waals surface area contributed by atoms with Crippen LogP contribution < -0.4 is 10.6 Å². The van der Waals surface area contributed by atoms with Crippen molar-refractivity contribution in [1.29, 1.82) is 0 Å². The van der Waals surface area contributed by atoms with E-state index in [2.05, 4.69) is 15.6 Å². The summed E-state index contributed by atoms with van der Waals surface area (Å²) in [4.78, 5) is 16.4. The molecule has 0 unspecified atom stereocenters. The van der Waals surface area contributed by atoms with Crippen LogP contribution in [0.1, 0.15) is 26.2 Å². The van der Waals surface area contributed by atoms with Crippen LogP contribution in [0.4, 0.5) is 10.5 Å². The zero-order valence-electron chi connectivity index (χ0n) is 12.7. The fourth-order valence-electron chi connectivity index (χ4n) is 3.22. The molecule has 5 heteroatoms. The van der Waals surface area contributed by atoms with Gasteiger partial charge in [0.2, 0.25) is 0 Å². The molecule has 5 nitrogen and oxygen atoms in total. The summed E-state index contributed by atoms with van der Waals surface area (Å²) in [5.74, 6) is 0. The molecule has 3 N–H and O–H groups in total. The summed E-state index contributed by atoms with van der Waals surface area (Å²) in [6, 6.07) is 7.41. The molecule has 1 heterocycles. The van der Waals surface area contributed by atoms with Crippen LogP contribution in [0, 0.1) is 5.41 Å². The number of anilines is 1. The molecular weight excluding hydrogens is 278 g/mol. The van der Waals surface area contributed by atoms with E-state index in [0.717, 1.165) is 35.7 Å². The summed E-state index contributed by atoms with van der Waals surface area (Å²) in [6.45, 7) is 2.12. The first-order chi connectivity index (χ1) is 10.6. The minimum absolute atomic E-state index is 0.00847. The van der Waals surface area contributed by atoms with E-state index in [-0.39, 0.29) is 24.1 Å². The highest BCUT2D eigenvalue weighted by Crippen LogP contribution is 2.37. The average Bonchev–Trinajstić information content (AvgIpc) is 2.89. The zero-order valence-corrected chi connectivity index (χ0v) is 12.7. The van der Waals surface area contributed by atoms with E-state index in [4.69, 9.17) is 0 Å². The number of aromatic nitrogens is 1. The average molecular weight is 299 g/mol. The molecule has 1 saturated carbocycles. The van der Waals surface area contributed by atoms with Crippen molar-refractivity contribution < 1.29 is 9.90 Å². The molecule has 2 amide bonds. The molecule has 2 atom stereocenters. The second-order valence-corrected chi connectivity index (χ2v) is 6.26. The van der Waals surface area contributed by atoms with Gasteiger partial charge in [0, 0.05) is 34.6 Å². The summed E-state index contributed by atoms with van der Waals surface area (Å²) < 4.78 is 0. The Kier molecular flexibility index (Phi) is 3.98. The van der Waals surface area contributed by atoms with E-state index in [1.165, 1.54) is 0 Å². The van der Waals surface area contributed by atoms with Gasteiger partial charge in [-0.2, -0.15) is 0 Å². The lowest BCUT2D eigenvalue weighted by molar-refractivity contribution is 0.122. The fraction of sp³-hybridized carbons (Fsp3) is 0.412. The maximum Gasteiger partial charge on any atom is 0.319 e. The molecule has 0 bridgehead atoms. The molecule has 1 fully saturated rings. The van der Waals surface area contributed by atoms with Crippen molar-refractivity contribution >= 4 is 22.5 Å². The van der Waals surface area contributed by atoms with Crippen LogP contribution in [0.2, 0.25) is 0 Å². The number of urea groups is 1. The molecule has 0 saturated heterocycles. The molecule has 22 heavy (non-hydrogen) atoms. The van der Waals surface area contributed by atoms with Crippen molar-refractivity contribution in [3.05, 3.63) is 36.7 Å². The van der Waals surface area contributed by atoms with Gasteiger partial charge in [-0.25, -0.2) is 4.79 Å². The van der Waals surface area contributed by atoms with Gasteiger partial charge in [0.05, 0.1) is 12.3 Å². The lowest BCUT2D eigenvalue weighted by Gasteiger charge is -2.30. The summed E-state index contributed by atoms with van der Waals surface area (Å²) >= 11 is 0. The molecule has 1 aromatic heterocycles. The van der Waals surface area contributed by atoms with Gasteiger partial charge in [0.25, 0.3) is 0 Å². The van der Waals surface area contributed by atoms with E-state index in [1.807, 2.05) is 31.2 Å². The van der Waals surface area contributed by atoms with Gasteiger partial charge in [-0.1, -0.05) is 25.5 Å². The summed E-state index contributed by atoms with van der Waals surface area (Å²) in [5.41, 5.74) is 0.543. The molecule has 3 rings (SSSR count). The molecule has 2 aromatic rings. The Hall–Kier alpha value is -2.14. The summed E-state index contributed by atoms with van der Waals surface area (Å²) in [7, 11) is 0. The largest absolute Gasteiger partial charge is 0.396 e. The van der Waals surface area contributed by atoms with Crippen LogP contribution in [-0.4, -0.2) is 28.8 Å². The van der Waals surface area contributed by atoms with Crippen LogP contribution in [0.3, 0.4) is 0 Å². The number of hydrogen-bond acceptors (Lipinski definition) is 3. The number of fused-ring (bicyclic) bond motifs is 1. The van der Waals surface area contributed by atoms with Crippen molar-refractivity contribution in [3.63, 3.8) is 0 Å². The number of rotatable bonds is 3. The Morgan fingerprint density at radius 3 is 3.14 bits per heavy atom. The van der Waals surface area contributed by atoms with Gasteiger partial charge < -0.3 is 15.7 Å². The molecule has 1 aliphatic rings. The minimum atomic E-state index is -0.226. The lowest BCUT2D eigenvalue weighted by Crippen LogP contribution is -2.46. The molecule has 0 spiro atoms. The zero-order chi connectivity index (χ0) is 15.6. The predicted octanol–water partition coefficient (Wildman–Crippen LogP) is 2.91. The summed E-state index contributed by atoms with van der Waals surface area (Å²) in [5, 5.41) is 17.4. The van der Waals surface area contributed by atoms with Crippen molar-refractivity contribution in [2.24, 2.45) is 5.41 Å². The molecule has 0 radical (unpaired) electrons. The Bertz CT molecular complexity index is 683. The first-order valence-corrected chi connectivity index (χ1v) is 7.63.